The number of ether oxygens (including phenoxy) is 2. The summed E-state index contributed by atoms with van der Waals surface area (Å²) >= 11 is 0. The molecule has 0 aromatic heterocycles. The van der Waals surface area contributed by atoms with Crippen LogP contribution in [0.4, 0.5) is 5.69 Å². The SMILES string of the molecule is Cl.Nc1cc2c(c(C(=O)O)c1)OCCO2. The predicted octanol–water partition coefficient (Wildman–Crippen LogP) is 1.16. The molecule has 0 saturated heterocycles. The number of carboxylic acid groups (broad SMARTS) is 1. The molecule has 0 bridgehead atoms. The van der Waals surface area contributed by atoms with E-state index in [9.17, 15) is 4.79 Å². The van der Waals surface area contributed by atoms with Gasteiger partial charge in [0.05, 0.1) is 0 Å². The number of nitrogen functional groups attached to an aromatic ring is 1. The minimum atomic E-state index is -1.07. The summed E-state index contributed by atoms with van der Waals surface area (Å²) in [6.07, 6.45) is 0. The van der Waals surface area contributed by atoms with Crippen molar-refractivity contribution >= 4 is 24.1 Å². The van der Waals surface area contributed by atoms with Gasteiger partial charge in [0.2, 0.25) is 0 Å². The maximum atomic E-state index is 10.8. The van der Waals surface area contributed by atoms with Gasteiger partial charge in [0.25, 0.3) is 0 Å². The van der Waals surface area contributed by atoms with E-state index >= 15 is 0 Å². The molecule has 0 unspecified atom stereocenters. The molecule has 0 aliphatic carbocycles. The van der Waals surface area contributed by atoms with Gasteiger partial charge < -0.3 is 20.3 Å². The first-order chi connectivity index (χ1) is 6.68. The highest BCUT2D eigenvalue weighted by atomic mass is 35.5. The minimum absolute atomic E-state index is 0. The molecule has 0 amide bonds. The number of halogens is 1. The van der Waals surface area contributed by atoms with E-state index in [0.29, 0.717) is 24.7 Å². The molecule has 6 heteroatoms. The van der Waals surface area contributed by atoms with Gasteiger partial charge in [-0.15, -0.1) is 12.4 Å². The van der Waals surface area contributed by atoms with Crippen molar-refractivity contribution in [3.63, 3.8) is 0 Å². The molecule has 3 N–H and O–H groups in total. The van der Waals surface area contributed by atoms with Gasteiger partial charge in [0, 0.05) is 11.8 Å². The molecular weight excluding hydrogens is 222 g/mol. The molecule has 82 valence electrons. The lowest BCUT2D eigenvalue weighted by molar-refractivity contribution is 0.0686. The minimum Gasteiger partial charge on any atom is -0.486 e. The fourth-order valence-electron chi connectivity index (χ4n) is 1.33. The van der Waals surface area contributed by atoms with Crippen molar-refractivity contribution in [1.82, 2.24) is 0 Å². The Morgan fingerprint density at radius 1 is 1.33 bits per heavy atom. The Kier molecular flexibility index (Phi) is 3.26. The third-order valence-electron chi connectivity index (χ3n) is 1.89. The number of fused-ring (bicyclic) bond motifs is 1. The smallest absolute Gasteiger partial charge is 0.339 e. The van der Waals surface area contributed by atoms with Crippen molar-refractivity contribution in [2.24, 2.45) is 0 Å². The lowest BCUT2D eigenvalue weighted by Gasteiger charge is -2.20. The van der Waals surface area contributed by atoms with Crippen LogP contribution in [-0.4, -0.2) is 24.3 Å². The van der Waals surface area contributed by atoms with Crippen molar-refractivity contribution < 1.29 is 19.4 Å². The van der Waals surface area contributed by atoms with Crippen molar-refractivity contribution in [3.05, 3.63) is 17.7 Å². The van der Waals surface area contributed by atoms with Crippen LogP contribution >= 0.6 is 12.4 Å². The predicted molar refractivity (Wildman–Crippen MR) is 56.1 cm³/mol. The average molecular weight is 232 g/mol. The molecule has 1 aliphatic heterocycles. The number of rotatable bonds is 1. The highest BCUT2D eigenvalue weighted by Crippen LogP contribution is 2.35. The standard InChI is InChI=1S/C9H9NO4.ClH/c10-5-3-6(9(11)12)8-7(4-5)13-1-2-14-8;/h3-4H,1-2,10H2,(H,11,12);1H. The van der Waals surface area contributed by atoms with Gasteiger partial charge in [-0.25, -0.2) is 4.79 Å². The number of anilines is 1. The third-order valence-corrected chi connectivity index (χ3v) is 1.89. The van der Waals surface area contributed by atoms with E-state index in [1.807, 2.05) is 0 Å². The van der Waals surface area contributed by atoms with Gasteiger partial charge in [-0.3, -0.25) is 0 Å². The Hall–Kier alpha value is -1.62. The highest BCUT2D eigenvalue weighted by molar-refractivity contribution is 5.93. The van der Waals surface area contributed by atoms with Gasteiger partial charge in [0.15, 0.2) is 11.5 Å². The largest absolute Gasteiger partial charge is 0.486 e. The first-order valence-electron chi connectivity index (χ1n) is 4.11. The molecule has 0 fully saturated rings. The summed E-state index contributed by atoms with van der Waals surface area (Å²) in [4.78, 5) is 10.8. The van der Waals surface area contributed by atoms with Crippen LogP contribution in [0, 0.1) is 0 Å². The van der Waals surface area contributed by atoms with E-state index in [4.69, 9.17) is 20.3 Å². The lowest BCUT2D eigenvalue weighted by Crippen LogP contribution is -2.18. The second-order valence-corrected chi connectivity index (χ2v) is 2.90. The molecule has 1 aromatic carbocycles. The monoisotopic (exact) mass is 231 g/mol. The summed E-state index contributed by atoms with van der Waals surface area (Å²) in [5.74, 6) is -0.411. The fraction of sp³-hybridized carbons (Fsp3) is 0.222. The maximum Gasteiger partial charge on any atom is 0.339 e. The molecule has 0 radical (unpaired) electrons. The topological polar surface area (TPSA) is 81.8 Å². The number of carboxylic acids is 1. The van der Waals surface area contributed by atoms with Crippen LogP contribution < -0.4 is 15.2 Å². The maximum absolute atomic E-state index is 10.8. The van der Waals surface area contributed by atoms with Crippen LogP contribution in [-0.2, 0) is 0 Å². The van der Waals surface area contributed by atoms with Crippen LogP contribution in [0.2, 0.25) is 0 Å². The van der Waals surface area contributed by atoms with E-state index in [-0.39, 0.29) is 23.7 Å². The van der Waals surface area contributed by atoms with Crippen LogP contribution in [0.25, 0.3) is 0 Å². The summed E-state index contributed by atoms with van der Waals surface area (Å²) in [5.41, 5.74) is 5.92. The lowest BCUT2D eigenvalue weighted by atomic mass is 10.1. The molecule has 5 nitrogen and oxygen atoms in total. The molecule has 1 aromatic rings. The first-order valence-corrected chi connectivity index (χ1v) is 4.11. The van der Waals surface area contributed by atoms with Gasteiger partial charge in [-0.1, -0.05) is 0 Å². The number of hydrogen-bond acceptors (Lipinski definition) is 4. The zero-order valence-electron chi connectivity index (χ0n) is 7.73. The molecule has 0 atom stereocenters. The average Bonchev–Trinajstić information content (AvgIpc) is 2.16. The van der Waals surface area contributed by atoms with Gasteiger partial charge in [0.1, 0.15) is 18.8 Å². The van der Waals surface area contributed by atoms with Crippen LogP contribution in [0.1, 0.15) is 10.4 Å². The number of nitrogens with two attached hydrogens (primary N) is 1. The number of aromatic carboxylic acids is 1. The summed E-state index contributed by atoms with van der Waals surface area (Å²) in [5, 5.41) is 8.87. The summed E-state index contributed by atoms with van der Waals surface area (Å²) < 4.78 is 10.4. The zero-order valence-corrected chi connectivity index (χ0v) is 8.54. The summed E-state index contributed by atoms with van der Waals surface area (Å²) in [6, 6.07) is 2.91. The van der Waals surface area contributed by atoms with E-state index < -0.39 is 5.97 Å². The number of carbonyl (C=O) groups is 1. The van der Waals surface area contributed by atoms with E-state index in [1.54, 1.807) is 6.07 Å². The van der Waals surface area contributed by atoms with Crippen molar-refractivity contribution in [2.75, 3.05) is 18.9 Å². The molecular formula is C9H10ClNO4. The Morgan fingerprint density at radius 3 is 2.67 bits per heavy atom. The Balaban J connectivity index is 0.00000112. The van der Waals surface area contributed by atoms with Gasteiger partial charge in [-0.05, 0) is 6.07 Å². The molecule has 0 spiro atoms. The van der Waals surface area contributed by atoms with Crippen molar-refractivity contribution in [1.29, 1.82) is 0 Å². The van der Waals surface area contributed by atoms with Crippen LogP contribution in [0.5, 0.6) is 11.5 Å². The highest BCUT2D eigenvalue weighted by Gasteiger charge is 2.20. The second-order valence-electron chi connectivity index (χ2n) is 2.90. The van der Waals surface area contributed by atoms with E-state index in [2.05, 4.69) is 0 Å². The number of benzene rings is 1. The molecule has 0 saturated carbocycles. The zero-order chi connectivity index (χ0) is 10.1. The fourth-order valence-corrected chi connectivity index (χ4v) is 1.33. The van der Waals surface area contributed by atoms with E-state index in [0.717, 1.165) is 0 Å². The summed E-state index contributed by atoms with van der Waals surface area (Å²) in [7, 11) is 0. The second kappa shape index (κ2) is 4.27. The van der Waals surface area contributed by atoms with Crippen molar-refractivity contribution in [3.8, 4) is 11.5 Å². The first kappa shape index (κ1) is 11.5. The van der Waals surface area contributed by atoms with Crippen LogP contribution in [0.3, 0.4) is 0 Å². The van der Waals surface area contributed by atoms with Crippen molar-refractivity contribution in [2.45, 2.75) is 0 Å². The Morgan fingerprint density at radius 2 is 2.00 bits per heavy atom. The molecule has 15 heavy (non-hydrogen) atoms. The molecule has 1 heterocycles. The van der Waals surface area contributed by atoms with Gasteiger partial charge >= 0.3 is 5.97 Å². The van der Waals surface area contributed by atoms with Crippen LogP contribution in [0.15, 0.2) is 12.1 Å². The van der Waals surface area contributed by atoms with E-state index in [1.165, 1.54) is 6.07 Å². The Bertz CT molecular complexity index is 394. The molecule has 2 rings (SSSR count). The van der Waals surface area contributed by atoms with Gasteiger partial charge in [-0.2, -0.15) is 0 Å². The molecule has 1 aliphatic rings. The normalized spacial score (nSPS) is 12.8. The third kappa shape index (κ3) is 2.07. The quantitative estimate of drug-likeness (QED) is 0.709. The number of hydrogen-bond donors (Lipinski definition) is 2. The summed E-state index contributed by atoms with van der Waals surface area (Å²) in [6.45, 7) is 0.771. The Labute approximate surface area is 92.2 Å².